The van der Waals surface area contributed by atoms with Crippen molar-refractivity contribution in [1.82, 2.24) is 0 Å². The van der Waals surface area contributed by atoms with Crippen LogP contribution in [0, 0.1) is 0 Å². The summed E-state index contributed by atoms with van der Waals surface area (Å²) in [7, 11) is 18.0. The van der Waals surface area contributed by atoms with Crippen LogP contribution in [0.1, 0.15) is 95.4 Å². The highest BCUT2D eigenvalue weighted by molar-refractivity contribution is 5.74. The second-order valence-electron chi connectivity index (χ2n) is 19.6. The Labute approximate surface area is 486 Å². The molecule has 446 valence electrons. The van der Waals surface area contributed by atoms with Crippen LogP contribution in [0.5, 0.6) is 86.2 Å². The molecular formula is C63H68O21. The van der Waals surface area contributed by atoms with Gasteiger partial charge in [-0.3, -0.25) is 14.4 Å². The quantitative estimate of drug-likeness (QED) is 0.0513. The summed E-state index contributed by atoms with van der Waals surface area (Å²) in [5.41, 5.74) is 3.49. The van der Waals surface area contributed by atoms with Gasteiger partial charge in [-0.05, 0) is 48.5 Å². The highest BCUT2D eigenvalue weighted by atomic mass is 16.6. The van der Waals surface area contributed by atoms with Crippen molar-refractivity contribution in [3.63, 3.8) is 0 Å². The second kappa shape index (κ2) is 25.1. The molecule has 3 heterocycles. The van der Waals surface area contributed by atoms with E-state index in [2.05, 4.69) is 0 Å². The molecule has 0 amide bonds. The van der Waals surface area contributed by atoms with Crippen molar-refractivity contribution < 1.29 is 99.6 Å². The second-order valence-corrected chi connectivity index (χ2v) is 19.6. The van der Waals surface area contributed by atoms with E-state index in [9.17, 15) is 14.4 Å². The van der Waals surface area contributed by atoms with E-state index in [0.29, 0.717) is 102 Å². The van der Waals surface area contributed by atoms with E-state index in [1.165, 1.54) is 106 Å². The molecule has 6 aromatic carbocycles. The topological polar surface area (TPSA) is 217 Å². The lowest BCUT2D eigenvalue weighted by Gasteiger charge is -2.44. The zero-order valence-corrected chi connectivity index (χ0v) is 49.4. The molecule has 0 unspecified atom stereocenters. The Morgan fingerprint density at radius 1 is 0.381 bits per heavy atom. The summed E-state index contributed by atoms with van der Waals surface area (Å²) in [5.74, 6) is 0.567. The first-order valence-electron chi connectivity index (χ1n) is 26.6. The Balaban J connectivity index is 1.46. The van der Waals surface area contributed by atoms with E-state index in [-0.39, 0.29) is 35.2 Å². The summed E-state index contributed by atoms with van der Waals surface area (Å²) in [4.78, 5) is 41.3. The maximum atomic E-state index is 14.0. The van der Waals surface area contributed by atoms with Crippen molar-refractivity contribution in [2.24, 2.45) is 0 Å². The number of benzene rings is 6. The molecule has 8 atom stereocenters. The Morgan fingerprint density at radius 2 is 0.798 bits per heavy atom. The summed E-state index contributed by atoms with van der Waals surface area (Å²) in [6.45, 7) is 3.90. The van der Waals surface area contributed by atoms with E-state index < -0.39 is 66.4 Å². The number of ether oxygens (including phenoxy) is 18. The molecule has 21 nitrogen and oxygen atoms in total. The van der Waals surface area contributed by atoms with Gasteiger partial charge in [0.15, 0.2) is 65.0 Å². The number of hydrogen-bond donors (Lipinski definition) is 0. The lowest BCUT2D eigenvalue weighted by atomic mass is 9.73. The van der Waals surface area contributed by atoms with E-state index >= 15 is 0 Å². The fraction of sp³-hybridized carbons (Fsp3) is 0.381. The highest BCUT2D eigenvalue weighted by Gasteiger charge is 2.53. The molecule has 9 rings (SSSR count). The minimum atomic E-state index is -1.29. The summed E-state index contributed by atoms with van der Waals surface area (Å²) in [6.07, 6.45) is -7.01. The number of esters is 3. The molecule has 0 saturated carbocycles. The molecule has 0 aliphatic carbocycles. The van der Waals surface area contributed by atoms with Gasteiger partial charge in [-0.15, -0.1) is 0 Å². The molecular weight excluding hydrogens is 1090 g/mol. The van der Waals surface area contributed by atoms with Crippen molar-refractivity contribution in [3.05, 3.63) is 123 Å². The van der Waals surface area contributed by atoms with E-state index in [0.717, 1.165) is 0 Å². The number of fused-ring (bicyclic) bond motifs is 3. The van der Waals surface area contributed by atoms with E-state index in [1.807, 2.05) is 12.1 Å². The number of hydrogen-bond acceptors (Lipinski definition) is 21. The molecule has 0 fully saturated rings. The Morgan fingerprint density at radius 3 is 1.19 bits per heavy atom. The van der Waals surface area contributed by atoms with Crippen molar-refractivity contribution in [2.45, 2.75) is 75.7 Å². The summed E-state index contributed by atoms with van der Waals surface area (Å²) in [5, 5.41) is 0. The van der Waals surface area contributed by atoms with E-state index in [4.69, 9.17) is 85.3 Å². The SMILES string of the molecule is COc1ccc2c(c1)O[C@H](c1cc(OC)c(OC)c(OC)c1)[C@@H](OC(C)=O)[C@@H]2c1c(OC)c2c(c([C@@H]3c4ccc(OC)cc4O[C@H](c4cc(OC)c(OC)c(OC)c4)[C@H]3OC(C)=O)c1OC)O[C@H](c1ccc(OC)c(OC)c1)[C@@H](OC(C)=O)C2. The number of rotatable bonds is 20. The number of carbonyl (C=O) groups is 3. The average molecular weight is 1160 g/mol. The maximum absolute atomic E-state index is 14.0. The van der Waals surface area contributed by atoms with Crippen LogP contribution in [-0.2, 0) is 35.0 Å². The van der Waals surface area contributed by atoms with Crippen molar-refractivity contribution >= 4 is 17.9 Å². The maximum Gasteiger partial charge on any atom is 0.303 e. The van der Waals surface area contributed by atoms with Crippen LogP contribution >= 0.6 is 0 Å². The number of methoxy groups -OCH3 is 12. The predicted molar refractivity (Wildman–Crippen MR) is 301 cm³/mol. The minimum Gasteiger partial charge on any atom is -0.497 e. The van der Waals surface area contributed by atoms with Crippen LogP contribution in [0.4, 0.5) is 0 Å². The van der Waals surface area contributed by atoms with Crippen LogP contribution in [-0.4, -0.2) is 122 Å². The fourth-order valence-electron chi connectivity index (χ4n) is 11.7. The van der Waals surface area contributed by atoms with Crippen LogP contribution in [0.25, 0.3) is 0 Å². The van der Waals surface area contributed by atoms with Crippen molar-refractivity contribution in [1.29, 1.82) is 0 Å². The smallest absolute Gasteiger partial charge is 0.303 e. The van der Waals surface area contributed by atoms with Crippen LogP contribution in [0.15, 0.2) is 78.9 Å². The Hall–Kier alpha value is -9.27. The molecule has 0 radical (unpaired) electrons. The van der Waals surface area contributed by atoms with Gasteiger partial charge in [0.2, 0.25) is 11.5 Å². The third-order valence-corrected chi connectivity index (χ3v) is 15.1. The molecule has 3 aliphatic rings. The first-order chi connectivity index (χ1) is 40.6. The molecule has 84 heavy (non-hydrogen) atoms. The van der Waals surface area contributed by atoms with E-state index in [1.54, 1.807) is 66.7 Å². The first kappa shape index (κ1) is 59.4. The third-order valence-electron chi connectivity index (χ3n) is 15.1. The summed E-state index contributed by atoms with van der Waals surface area (Å²) in [6, 6.07) is 22.7. The molecule has 6 aromatic rings. The first-order valence-corrected chi connectivity index (χ1v) is 26.6. The van der Waals surface area contributed by atoms with Crippen LogP contribution in [0.2, 0.25) is 0 Å². The van der Waals surface area contributed by atoms with Crippen LogP contribution < -0.4 is 71.1 Å². The number of carbonyl (C=O) groups excluding carboxylic acids is 3. The molecule has 0 saturated heterocycles. The molecule has 0 aromatic heterocycles. The average Bonchev–Trinajstić information content (AvgIpc) is 0.824. The summed E-state index contributed by atoms with van der Waals surface area (Å²) >= 11 is 0. The molecule has 3 aliphatic heterocycles. The molecule has 21 heteroatoms. The van der Waals surface area contributed by atoms with Gasteiger partial charge in [0, 0.05) is 83.8 Å². The predicted octanol–water partition coefficient (Wildman–Crippen LogP) is 9.79. The zero-order chi connectivity index (χ0) is 60.3. The van der Waals surface area contributed by atoms with Crippen LogP contribution in [0.3, 0.4) is 0 Å². The zero-order valence-electron chi connectivity index (χ0n) is 49.4. The van der Waals surface area contributed by atoms with Crippen molar-refractivity contribution in [2.75, 3.05) is 85.3 Å². The van der Waals surface area contributed by atoms with Gasteiger partial charge in [0.25, 0.3) is 0 Å². The third kappa shape index (κ3) is 10.8. The van der Waals surface area contributed by atoms with Gasteiger partial charge in [0.05, 0.1) is 97.2 Å². The molecule has 0 spiro atoms. The van der Waals surface area contributed by atoms with Gasteiger partial charge in [-0.25, -0.2) is 0 Å². The Bertz CT molecular complexity index is 3400. The van der Waals surface area contributed by atoms with Crippen molar-refractivity contribution in [3.8, 4) is 86.2 Å². The fourth-order valence-corrected chi connectivity index (χ4v) is 11.7. The van der Waals surface area contributed by atoms with Gasteiger partial charge >= 0.3 is 17.9 Å². The molecule has 0 bridgehead atoms. The summed E-state index contributed by atoms with van der Waals surface area (Å²) < 4.78 is 113. The standard InChI is InChI=1S/C63H68O21/c1-30(64)79-49-29-40-57(75-12)52(50-38-19-17-36(67-4)27-42(38)82-55(62(50)80-31(2)65)34-23-45(71-8)59(76-13)46(24-34)72-9)61(78-15)53(58(40)84-54(49)33-16-21-41(69-6)44(22-33)70-7)51-39-20-18-37(68-5)28-43(39)83-56(63(51)81-32(3)66)35-25-47(73-10)60(77-14)48(26-35)74-11/h16-28,49-51,54-56,62-63H,29H2,1-15H3/t49-,50-,51-,54+,55+,56+,62-,63-/m0/s1. The molecule has 0 N–H and O–H groups in total. The monoisotopic (exact) mass is 1160 g/mol. The lowest BCUT2D eigenvalue weighted by molar-refractivity contribution is -0.154. The normalized spacial score (nSPS) is 20.0. The van der Waals surface area contributed by atoms with Gasteiger partial charge in [0.1, 0.15) is 46.4 Å². The van der Waals surface area contributed by atoms with Gasteiger partial charge in [-0.1, -0.05) is 18.2 Å². The lowest BCUT2D eigenvalue weighted by Crippen LogP contribution is -2.41. The van der Waals surface area contributed by atoms with Gasteiger partial charge < -0.3 is 85.3 Å². The largest absolute Gasteiger partial charge is 0.497 e. The highest BCUT2D eigenvalue weighted by Crippen LogP contribution is 2.63. The Kier molecular flexibility index (Phi) is 17.7. The van der Waals surface area contributed by atoms with Gasteiger partial charge in [-0.2, -0.15) is 0 Å². The minimum absolute atomic E-state index is 0.0540.